The maximum atomic E-state index is 10.9. The summed E-state index contributed by atoms with van der Waals surface area (Å²) in [5.41, 5.74) is 7.68. The van der Waals surface area contributed by atoms with Crippen LogP contribution in [0.1, 0.15) is 29.6 Å². The number of hydrogen-bond acceptors (Lipinski definition) is 4. The average molecular weight is 264 g/mol. The van der Waals surface area contributed by atoms with Gasteiger partial charge in [-0.15, -0.1) is 0 Å². The Bertz CT molecular complexity index is 470. The highest BCUT2D eigenvalue weighted by Crippen LogP contribution is 2.48. The SMILES string of the molecule is COCCC1(CNc2cc(C(=O)O)ccc2N)CC1. The number of nitrogens with one attached hydrogen (secondary N) is 1. The first-order valence-electron chi connectivity index (χ1n) is 6.42. The average Bonchev–Trinajstić information content (AvgIpc) is 3.16. The van der Waals surface area contributed by atoms with Gasteiger partial charge in [0, 0.05) is 20.3 Å². The fourth-order valence-corrected chi connectivity index (χ4v) is 2.14. The first-order valence-corrected chi connectivity index (χ1v) is 6.42. The topological polar surface area (TPSA) is 84.6 Å². The van der Waals surface area contributed by atoms with Crippen molar-refractivity contribution in [2.24, 2.45) is 5.41 Å². The van der Waals surface area contributed by atoms with Gasteiger partial charge in [0.15, 0.2) is 0 Å². The lowest BCUT2D eigenvalue weighted by Crippen LogP contribution is -2.18. The molecule has 1 aromatic carbocycles. The minimum Gasteiger partial charge on any atom is -0.478 e. The van der Waals surface area contributed by atoms with Gasteiger partial charge in [-0.05, 0) is 42.9 Å². The van der Waals surface area contributed by atoms with Gasteiger partial charge in [0.25, 0.3) is 0 Å². The van der Waals surface area contributed by atoms with Gasteiger partial charge in [-0.25, -0.2) is 4.79 Å². The van der Waals surface area contributed by atoms with Crippen molar-refractivity contribution in [3.63, 3.8) is 0 Å². The van der Waals surface area contributed by atoms with E-state index in [-0.39, 0.29) is 5.56 Å². The predicted molar refractivity (Wildman–Crippen MR) is 74.5 cm³/mol. The van der Waals surface area contributed by atoms with Gasteiger partial charge in [0.1, 0.15) is 0 Å². The van der Waals surface area contributed by atoms with Crippen LogP contribution in [0.2, 0.25) is 0 Å². The zero-order valence-electron chi connectivity index (χ0n) is 11.1. The third-order valence-electron chi connectivity index (χ3n) is 3.75. The molecule has 19 heavy (non-hydrogen) atoms. The molecule has 0 aliphatic heterocycles. The summed E-state index contributed by atoms with van der Waals surface area (Å²) in [7, 11) is 1.71. The molecule has 0 saturated heterocycles. The van der Waals surface area contributed by atoms with Crippen LogP contribution in [0.4, 0.5) is 11.4 Å². The molecule has 1 aromatic rings. The van der Waals surface area contributed by atoms with Crippen LogP contribution in [0, 0.1) is 5.41 Å². The standard InChI is InChI=1S/C14H20N2O3/c1-19-7-6-14(4-5-14)9-16-12-8-10(13(17)18)2-3-11(12)15/h2-3,8,16H,4-7,9,15H2,1H3,(H,17,18). The maximum absolute atomic E-state index is 10.9. The van der Waals surface area contributed by atoms with E-state index in [0.717, 1.165) is 19.6 Å². The van der Waals surface area contributed by atoms with Gasteiger partial charge < -0.3 is 20.9 Å². The van der Waals surface area contributed by atoms with E-state index in [1.165, 1.54) is 18.9 Å². The number of carboxylic acid groups (broad SMARTS) is 1. The molecule has 0 amide bonds. The zero-order valence-corrected chi connectivity index (χ0v) is 11.1. The highest BCUT2D eigenvalue weighted by Gasteiger charge is 2.41. The van der Waals surface area contributed by atoms with Crippen LogP contribution in [0.5, 0.6) is 0 Å². The molecule has 4 N–H and O–H groups in total. The normalized spacial score (nSPS) is 16.1. The number of benzene rings is 1. The molecule has 0 radical (unpaired) electrons. The number of carboxylic acids is 1. The lowest BCUT2D eigenvalue weighted by molar-refractivity contribution is 0.0697. The molecule has 1 aliphatic carbocycles. The molecule has 0 spiro atoms. The van der Waals surface area contributed by atoms with E-state index >= 15 is 0 Å². The maximum Gasteiger partial charge on any atom is 0.335 e. The summed E-state index contributed by atoms with van der Waals surface area (Å²) in [6.45, 7) is 1.57. The highest BCUT2D eigenvalue weighted by molar-refractivity contribution is 5.90. The molecule has 0 bridgehead atoms. The van der Waals surface area contributed by atoms with E-state index in [2.05, 4.69) is 5.32 Å². The van der Waals surface area contributed by atoms with Crippen molar-refractivity contribution in [1.29, 1.82) is 0 Å². The first kappa shape index (κ1) is 13.7. The fraction of sp³-hybridized carbons (Fsp3) is 0.500. The molecule has 0 unspecified atom stereocenters. The van der Waals surface area contributed by atoms with Gasteiger partial charge in [-0.2, -0.15) is 0 Å². The third-order valence-corrected chi connectivity index (χ3v) is 3.75. The Hall–Kier alpha value is -1.75. The summed E-state index contributed by atoms with van der Waals surface area (Å²) in [4.78, 5) is 10.9. The number of hydrogen-bond donors (Lipinski definition) is 3. The van der Waals surface area contributed by atoms with E-state index in [1.54, 1.807) is 19.2 Å². The smallest absolute Gasteiger partial charge is 0.335 e. The summed E-state index contributed by atoms with van der Waals surface area (Å²) < 4.78 is 5.11. The molecule has 0 aromatic heterocycles. The van der Waals surface area contributed by atoms with Gasteiger partial charge in [0.05, 0.1) is 16.9 Å². The molecule has 1 fully saturated rings. The summed E-state index contributed by atoms with van der Waals surface area (Å²) in [6.07, 6.45) is 3.39. The second-order valence-corrected chi connectivity index (χ2v) is 5.20. The Labute approximate surface area is 112 Å². The second kappa shape index (κ2) is 5.48. The Morgan fingerprint density at radius 2 is 2.26 bits per heavy atom. The van der Waals surface area contributed by atoms with Gasteiger partial charge >= 0.3 is 5.97 Å². The van der Waals surface area contributed by atoms with Crippen LogP contribution >= 0.6 is 0 Å². The van der Waals surface area contributed by atoms with E-state index in [9.17, 15) is 4.79 Å². The molecule has 2 rings (SSSR count). The molecule has 5 nitrogen and oxygen atoms in total. The Kier molecular flexibility index (Phi) is 3.95. The molecule has 1 aliphatic rings. The molecule has 5 heteroatoms. The van der Waals surface area contributed by atoms with Gasteiger partial charge in [-0.3, -0.25) is 0 Å². The Morgan fingerprint density at radius 1 is 1.53 bits per heavy atom. The third kappa shape index (κ3) is 3.38. The molecule has 1 saturated carbocycles. The number of aromatic carboxylic acids is 1. The molecular formula is C14H20N2O3. The van der Waals surface area contributed by atoms with Crippen LogP contribution in [-0.4, -0.2) is 31.3 Å². The first-order chi connectivity index (χ1) is 9.06. The summed E-state index contributed by atoms with van der Waals surface area (Å²) in [5, 5.41) is 12.2. The van der Waals surface area contributed by atoms with Crippen molar-refractivity contribution in [2.45, 2.75) is 19.3 Å². The second-order valence-electron chi connectivity index (χ2n) is 5.20. The van der Waals surface area contributed by atoms with Crippen molar-refractivity contribution in [3.8, 4) is 0 Å². The van der Waals surface area contributed by atoms with Gasteiger partial charge in [0.2, 0.25) is 0 Å². The molecule has 0 heterocycles. The Morgan fingerprint density at radius 3 is 2.84 bits per heavy atom. The van der Waals surface area contributed by atoms with Crippen molar-refractivity contribution < 1.29 is 14.6 Å². The van der Waals surface area contributed by atoms with Crippen LogP contribution < -0.4 is 11.1 Å². The predicted octanol–water partition coefficient (Wildman–Crippen LogP) is 2.20. The number of nitrogen functional groups attached to an aromatic ring is 1. The fourth-order valence-electron chi connectivity index (χ4n) is 2.14. The van der Waals surface area contributed by atoms with Gasteiger partial charge in [-0.1, -0.05) is 0 Å². The van der Waals surface area contributed by atoms with Crippen molar-refractivity contribution in [3.05, 3.63) is 23.8 Å². The van der Waals surface area contributed by atoms with Crippen LogP contribution in [-0.2, 0) is 4.74 Å². The lowest BCUT2D eigenvalue weighted by Gasteiger charge is -2.17. The van der Waals surface area contributed by atoms with Crippen molar-refractivity contribution in [1.82, 2.24) is 0 Å². The van der Waals surface area contributed by atoms with Crippen LogP contribution in [0.25, 0.3) is 0 Å². The molecular weight excluding hydrogens is 244 g/mol. The minimum atomic E-state index is -0.941. The largest absolute Gasteiger partial charge is 0.478 e. The Balaban J connectivity index is 1.99. The molecule has 104 valence electrons. The monoisotopic (exact) mass is 264 g/mol. The summed E-state index contributed by atoms with van der Waals surface area (Å²) >= 11 is 0. The molecule has 0 atom stereocenters. The van der Waals surface area contributed by atoms with E-state index in [4.69, 9.17) is 15.6 Å². The summed E-state index contributed by atoms with van der Waals surface area (Å²) in [5.74, 6) is -0.941. The number of methoxy groups -OCH3 is 1. The van der Waals surface area contributed by atoms with Crippen LogP contribution in [0.3, 0.4) is 0 Å². The number of rotatable bonds is 7. The zero-order chi connectivity index (χ0) is 13.9. The summed E-state index contributed by atoms with van der Waals surface area (Å²) in [6, 6.07) is 4.73. The lowest BCUT2D eigenvalue weighted by atomic mass is 10.0. The number of nitrogens with two attached hydrogens (primary N) is 1. The minimum absolute atomic E-state index is 0.249. The quantitative estimate of drug-likeness (QED) is 0.657. The van der Waals surface area contributed by atoms with E-state index in [1.807, 2.05) is 0 Å². The van der Waals surface area contributed by atoms with Crippen molar-refractivity contribution >= 4 is 17.3 Å². The number of ether oxygens (including phenoxy) is 1. The van der Waals surface area contributed by atoms with Crippen LogP contribution in [0.15, 0.2) is 18.2 Å². The van der Waals surface area contributed by atoms with E-state index < -0.39 is 5.97 Å². The highest BCUT2D eigenvalue weighted by atomic mass is 16.5. The number of anilines is 2. The number of carbonyl (C=O) groups is 1. The van der Waals surface area contributed by atoms with Crippen molar-refractivity contribution in [2.75, 3.05) is 31.3 Å². The van der Waals surface area contributed by atoms with E-state index in [0.29, 0.717) is 16.8 Å².